The molecule has 0 spiro atoms. The molecule has 0 radical (unpaired) electrons. The molecule has 2 aliphatic heterocycles. The molecule has 4 heterocycles. The standard InChI is InChI=1S/C30H32N6O3/c1-18(15-27(37)39-2)30(38)36-14-4-6-26(36)29-33-22-12-10-20(17-25(22)35-29)8-7-19-9-11-21-24(16-19)34-28(32-21)23-5-3-13-31-23/h9-12,16-18,23,26,31H,3-6,13-15H2,1-2H3,(H,32,34)(H,33,35)/t18-,23+,26+/m1/s1. The summed E-state index contributed by atoms with van der Waals surface area (Å²) < 4.78 is 4.74. The summed E-state index contributed by atoms with van der Waals surface area (Å²) in [6, 6.07) is 12.2. The number of rotatable bonds is 5. The largest absolute Gasteiger partial charge is 0.469 e. The predicted octanol–water partition coefficient (Wildman–Crippen LogP) is 4.13. The van der Waals surface area contributed by atoms with Crippen LogP contribution in [0, 0.1) is 17.8 Å². The summed E-state index contributed by atoms with van der Waals surface area (Å²) in [7, 11) is 1.34. The summed E-state index contributed by atoms with van der Waals surface area (Å²) in [4.78, 5) is 43.0. The third-order valence-corrected chi connectivity index (χ3v) is 7.72. The first-order valence-electron chi connectivity index (χ1n) is 13.6. The summed E-state index contributed by atoms with van der Waals surface area (Å²) in [5.41, 5.74) is 5.47. The van der Waals surface area contributed by atoms with E-state index in [9.17, 15) is 9.59 Å². The Labute approximate surface area is 226 Å². The zero-order valence-corrected chi connectivity index (χ0v) is 22.2. The van der Waals surface area contributed by atoms with Crippen LogP contribution in [0.5, 0.6) is 0 Å². The number of carbonyl (C=O) groups excluding carboxylic acids is 2. The molecule has 9 heteroatoms. The van der Waals surface area contributed by atoms with Crippen molar-refractivity contribution >= 4 is 33.9 Å². The molecule has 2 saturated heterocycles. The van der Waals surface area contributed by atoms with E-state index in [0.29, 0.717) is 12.6 Å². The number of esters is 1. The van der Waals surface area contributed by atoms with E-state index in [1.54, 1.807) is 6.92 Å². The van der Waals surface area contributed by atoms with Crippen molar-refractivity contribution in [3.63, 3.8) is 0 Å². The maximum absolute atomic E-state index is 13.1. The van der Waals surface area contributed by atoms with Gasteiger partial charge in [-0.25, -0.2) is 9.97 Å². The molecular weight excluding hydrogens is 492 g/mol. The van der Waals surface area contributed by atoms with Crippen LogP contribution in [0.3, 0.4) is 0 Å². The van der Waals surface area contributed by atoms with Gasteiger partial charge >= 0.3 is 5.97 Å². The van der Waals surface area contributed by atoms with Gasteiger partial charge in [-0.15, -0.1) is 0 Å². The molecule has 6 rings (SSSR count). The van der Waals surface area contributed by atoms with E-state index < -0.39 is 5.92 Å². The molecule has 9 nitrogen and oxygen atoms in total. The zero-order valence-electron chi connectivity index (χ0n) is 22.2. The average Bonchev–Trinajstić information content (AvgIpc) is 3.75. The van der Waals surface area contributed by atoms with Gasteiger partial charge in [-0.1, -0.05) is 18.8 Å². The average molecular weight is 525 g/mol. The molecule has 3 N–H and O–H groups in total. The van der Waals surface area contributed by atoms with Crippen LogP contribution in [-0.4, -0.2) is 56.9 Å². The molecule has 39 heavy (non-hydrogen) atoms. The third kappa shape index (κ3) is 5.12. The van der Waals surface area contributed by atoms with Gasteiger partial charge in [0.05, 0.1) is 47.7 Å². The Bertz CT molecular complexity index is 1600. The van der Waals surface area contributed by atoms with Gasteiger partial charge in [0.2, 0.25) is 5.91 Å². The molecular formula is C30H32N6O3. The number of likely N-dealkylation sites (tertiary alicyclic amines) is 1. The number of ether oxygens (including phenoxy) is 1. The van der Waals surface area contributed by atoms with Crippen molar-refractivity contribution in [1.29, 1.82) is 0 Å². The summed E-state index contributed by atoms with van der Waals surface area (Å²) in [5.74, 6) is 7.45. The van der Waals surface area contributed by atoms with E-state index in [1.165, 1.54) is 13.5 Å². The van der Waals surface area contributed by atoms with Crippen LogP contribution in [0.2, 0.25) is 0 Å². The van der Waals surface area contributed by atoms with Crippen LogP contribution >= 0.6 is 0 Å². The molecule has 2 aliphatic rings. The van der Waals surface area contributed by atoms with Gasteiger partial charge in [0, 0.05) is 23.6 Å². The number of aromatic nitrogens is 4. The molecule has 4 aromatic rings. The molecule has 200 valence electrons. The molecule has 2 fully saturated rings. The topological polar surface area (TPSA) is 116 Å². The van der Waals surface area contributed by atoms with E-state index in [-0.39, 0.29) is 24.3 Å². The summed E-state index contributed by atoms with van der Waals surface area (Å²) in [5, 5.41) is 3.48. The first-order chi connectivity index (χ1) is 19.0. The van der Waals surface area contributed by atoms with Crippen LogP contribution in [-0.2, 0) is 14.3 Å². The molecule has 2 aromatic carbocycles. The van der Waals surface area contributed by atoms with Crippen molar-refractivity contribution in [3.8, 4) is 11.8 Å². The van der Waals surface area contributed by atoms with Gasteiger partial charge in [0.15, 0.2) is 0 Å². The Balaban J connectivity index is 1.19. The minimum Gasteiger partial charge on any atom is -0.469 e. The van der Waals surface area contributed by atoms with Gasteiger partial charge in [-0.05, 0) is 68.6 Å². The molecule has 2 aromatic heterocycles. The second-order valence-corrected chi connectivity index (χ2v) is 10.5. The number of imidazole rings is 2. The lowest BCUT2D eigenvalue weighted by molar-refractivity contribution is -0.146. The summed E-state index contributed by atoms with van der Waals surface area (Å²) in [6.45, 7) is 3.46. The van der Waals surface area contributed by atoms with Crippen LogP contribution in [0.25, 0.3) is 22.1 Å². The van der Waals surface area contributed by atoms with Crippen LogP contribution in [0.1, 0.15) is 73.9 Å². The van der Waals surface area contributed by atoms with Crippen molar-refractivity contribution in [1.82, 2.24) is 30.2 Å². The van der Waals surface area contributed by atoms with Crippen molar-refractivity contribution in [2.75, 3.05) is 20.2 Å². The Morgan fingerprint density at radius 3 is 2.31 bits per heavy atom. The number of amides is 1. The highest BCUT2D eigenvalue weighted by Gasteiger charge is 2.35. The van der Waals surface area contributed by atoms with Gasteiger partial charge in [-0.2, -0.15) is 0 Å². The minimum absolute atomic E-state index is 0.0456. The Kier molecular flexibility index (Phi) is 6.79. The summed E-state index contributed by atoms with van der Waals surface area (Å²) >= 11 is 0. The van der Waals surface area contributed by atoms with Crippen LogP contribution in [0.15, 0.2) is 36.4 Å². The maximum Gasteiger partial charge on any atom is 0.306 e. The van der Waals surface area contributed by atoms with Crippen molar-refractivity contribution in [2.24, 2.45) is 5.92 Å². The van der Waals surface area contributed by atoms with E-state index in [1.807, 2.05) is 41.3 Å². The fraction of sp³-hybridized carbons (Fsp3) is 0.400. The fourth-order valence-corrected chi connectivity index (χ4v) is 5.62. The van der Waals surface area contributed by atoms with Crippen molar-refractivity contribution in [2.45, 2.75) is 51.1 Å². The van der Waals surface area contributed by atoms with Gasteiger partial charge < -0.3 is 24.9 Å². The Hall–Kier alpha value is -4.16. The lowest BCUT2D eigenvalue weighted by Gasteiger charge is -2.26. The molecule has 0 saturated carbocycles. The van der Waals surface area contributed by atoms with Gasteiger partial charge in [-0.3, -0.25) is 9.59 Å². The number of nitrogens with one attached hydrogen (secondary N) is 3. The maximum atomic E-state index is 13.1. The number of benzene rings is 2. The second-order valence-electron chi connectivity index (χ2n) is 10.5. The number of methoxy groups -OCH3 is 1. The highest BCUT2D eigenvalue weighted by Crippen LogP contribution is 2.33. The van der Waals surface area contributed by atoms with Gasteiger partial charge in [0.1, 0.15) is 11.6 Å². The van der Waals surface area contributed by atoms with Crippen molar-refractivity contribution < 1.29 is 14.3 Å². The van der Waals surface area contributed by atoms with Crippen LogP contribution in [0.4, 0.5) is 0 Å². The molecule has 0 bridgehead atoms. The first-order valence-corrected chi connectivity index (χ1v) is 13.6. The predicted molar refractivity (Wildman–Crippen MR) is 148 cm³/mol. The third-order valence-electron chi connectivity index (χ3n) is 7.72. The highest BCUT2D eigenvalue weighted by molar-refractivity contribution is 5.84. The SMILES string of the molecule is COC(=O)C[C@@H](C)C(=O)N1CCC[C@H]1c1nc2ccc(C#Cc3ccc4nc([C@@H]5CCCN5)[nH]c4c3)cc2[nH]1. The number of fused-ring (bicyclic) bond motifs is 2. The molecule has 1 amide bonds. The monoisotopic (exact) mass is 524 g/mol. The lowest BCUT2D eigenvalue weighted by atomic mass is 10.1. The number of carbonyl (C=O) groups is 2. The van der Waals surface area contributed by atoms with Crippen LogP contribution < -0.4 is 5.32 Å². The lowest BCUT2D eigenvalue weighted by Crippen LogP contribution is -2.36. The zero-order chi connectivity index (χ0) is 26.9. The number of aromatic amines is 2. The van der Waals surface area contributed by atoms with E-state index in [0.717, 1.165) is 70.6 Å². The quantitative estimate of drug-likeness (QED) is 0.267. The molecule has 0 unspecified atom stereocenters. The van der Waals surface area contributed by atoms with E-state index >= 15 is 0 Å². The summed E-state index contributed by atoms with van der Waals surface area (Å²) in [6.07, 6.45) is 4.08. The number of H-pyrrole nitrogens is 2. The first kappa shape index (κ1) is 25.1. The number of nitrogens with zero attached hydrogens (tertiary/aromatic N) is 3. The fourth-order valence-electron chi connectivity index (χ4n) is 5.62. The number of hydrogen-bond acceptors (Lipinski definition) is 6. The van der Waals surface area contributed by atoms with Gasteiger partial charge in [0.25, 0.3) is 0 Å². The minimum atomic E-state index is -0.434. The Morgan fingerprint density at radius 1 is 1.00 bits per heavy atom. The normalized spacial score (nSPS) is 19.8. The van der Waals surface area contributed by atoms with Crippen molar-refractivity contribution in [3.05, 3.63) is 59.2 Å². The highest BCUT2D eigenvalue weighted by atomic mass is 16.5. The molecule has 0 aliphatic carbocycles. The number of hydrogen-bond donors (Lipinski definition) is 3. The van der Waals surface area contributed by atoms with E-state index in [2.05, 4.69) is 27.1 Å². The second kappa shape index (κ2) is 10.5. The van der Waals surface area contributed by atoms with E-state index in [4.69, 9.17) is 14.7 Å². The smallest absolute Gasteiger partial charge is 0.306 e. The molecule has 3 atom stereocenters. The Morgan fingerprint density at radius 2 is 1.67 bits per heavy atom.